The van der Waals surface area contributed by atoms with Gasteiger partial charge in [-0.1, -0.05) is 19.1 Å². The average Bonchev–Trinajstić information content (AvgIpc) is 2.38. The van der Waals surface area contributed by atoms with Crippen LogP contribution in [0.1, 0.15) is 39.7 Å². The fourth-order valence-electron chi connectivity index (χ4n) is 1.85. The first kappa shape index (κ1) is 16.5. The van der Waals surface area contributed by atoms with E-state index in [0.717, 1.165) is 18.4 Å². The lowest BCUT2D eigenvalue weighted by molar-refractivity contribution is -0.127. The molecule has 1 aromatic rings. The zero-order valence-electron chi connectivity index (χ0n) is 12.8. The summed E-state index contributed by atoms with van der Waals surface area (Å²) >= 11 is 0. The van der Waals surface area contributed by atoms with E-state index >= 15 is 0 Å². The summed E-state index contributed by atoms with van der Waals surface area (Å²) < 4.78 is 5.68. The molecule has 0 bridgehead atoms. The Morgan fingerprint density at radius 1 is 1.35 bits per heavy atom. The summed E-state index contributed by atoms with van der Waals surface area (Å²) in [6, 6.07) is 8.05. The van der Waals surface area contributed by atoms with Gasteiger partial charge in [-0.15, -0.1) is 0 Å². The molecular weight excluding hydrogens is 252 g/mol. The van der Waals surface area contributed by atoms with Crippen LogP contribution in [0.3, 0.4) is 0 Å². The van der Waals surface area contributed by atoms with Crippen molar-refractivity contribution in [2.75, 3.05) is 0 Å². The highest BCUT2D eigenvalue weighted by atomic mass is 16.5. The summed E-state index contributed by atoms with van der Waals surface area (Å²) in [7, 11) is 0. The van der Waals surface area contributed by atoms with Crippen LogP contribution < -0.4 is 15.8 Å². The fraction of sp³-hybridized carbons (Fsp3) is 0.562. The van der Waals surface area contributed by atoms with E-state index in [0.29, 0.717) is 5.75 Å². The van der Waals surface area contributed by atoms with Crippen molar-refractivity contribution in [3.8, 4) is 5.75 Å². The van der Waals surface area contributed by atoms with E-state index in [1.54, 1.807) is 6.92 Å². The second kappa shape index (κ2) is 7.90. The molecule has 2 atom stereocenters. The third-order valence-electron chi connectivity index (χ3n) is 3.03. The Kier molecular flexibility index (Phi) is 6.52. The number of benzene rings is 1. The van der Waals surface area contributed by atoms with Gasteiger partial charge in [0.05, 0.1) is 0 Å². The Labute approximate surface area is 121 Å². The van der Waals surface area contributed by atoms with Crippen molar-refractivity contribution in [1.82, 2.24) is 5.32 Å². The monoisotopic (exact) mass is 278 g/mol. The normalized spacial score (nSPS) is 13.9. The highest BCUT2D eigenvalue weighted by Crippen LogP contribution is 2.16. The largest absolute Gasteiger partial charge is 0.481 e. The minimum absolute atomic E-state index is 0.101. The van der Waals surface area contributed by atoms with Crippen LogP contribution in [-0.2, 0) is 11.2 Å². The molecule has 0 spiro atoms. The summed E-state index contributed by atoms with van der Waals surface area (Å²) in [4.78, 5) is 11.8. The summed E-state index contributed by atoms with van der Waals surface area (Å²) in [5.41, 5.74) is 7.09. The third kappa shape index (κ3) is 5.61. The lowest BCUT2D eigenvalue weighted by Crippen LogP contribution is -2.40. The molecule has 4 heteroatoms. The maximum absolute atomic E-state index is 11.8. The van der Waals surface area contributed by atoms with Gasteiger partial charge in [-0.05, 0) is 51.3 Å². The van der Waals surface area contributed by atoms with E-state index < -0.39 is 6.10 Å². The van der Waals surface area contributed by atoms with E-state index in [2.05, 4.69) is 12.2 Å². The van der Waals surface area contributed by atoms with Crippen LogP contribution in [0.2, 0.25) is 0 Å². The van der Waals surface area contributed by atoms with Gasteiger partial charge in [0.15, 0.2) is 6.10 Å². The van der Waals surface area contributed by atoms with E-state index in [4.69, 9.17) is 10.5 Å². The smallest absolute Gasteiger partial charge is 0.260 e. The lowest BCUT2D eigenvalue weighted by Gasteiger charge is -2.17. The van der Waals surface area contributed by atoms with Crippen LogP contribution in [0.25, 0.3) is 0 Å². The topological polar surface area (TPSA) is 64.3 Å². The molecule has 0 aliphatic heterocycles. The molecule has 112 valence electrons. The molecule has 0 heterocycles. The Bertz CT molecular complexity index is 432. The second-order valence-corrected chi connectivity index (χ2v) is 5.44. The molecule has 2 unspecified atom stereocenters. The van der Waals surface area contributed by atoms with Crippen molar-refractivity contribution in [3.63, 3.8) is 0 Å². The molecule has 1 amide bonds. The molecular formula is C16H26N2O2. The van der Waals surface area contributed by atoms with Crippen LogP contribution in [0.15, 0.2) is 24.3 Å². The van der Waals surface area contributed by atoms with E-state index in [1.807, 2.05) is 38.1 Å². The van der Waals surface area contributed by atoms with Crippen LogP contribution >= 0.6 is 0 Å². The minimum atomic E-state index is -0.507. The highest BCUT2D eigenvalue weighted by Gasteiger charge is 2.15. The molecule has 0 aliphatic rings. The van der Waals surface area contributed by atoms with Gasteiger partial charge >= 0.3 is 0 Å². The molecule has 4 nitrogen and oxygen atoms in total. The molecule has 0 fully saturated rings. The number of amides is 1. The van der Waals surface area contributed by atoms with Crippen molar-refractivity contribution in [1.29, 1.82) is 0 Å². The van der Waals surface area contributed by atoms with Gasteiger partial charge in [0.2, 0.25) is 0 Å². The van der Waals surface area contributed by atoms with Crippen molar-refractivity contribution >= 4 is 5.91 Å². The van der Waals surface area contributed by atoms with Crippen molar-refractivity contribution in [3.05, 3.63) is 29.8 Å². The summed E-state index contributed by atoms with van der Waals surface area (Å²) in [6.07, 6.45) is 1.26. The number of hydrogen-bond acceptors (Lipinski definition) is 3. The number of rotatable bonds is 7. The van der Waals surface area contributed by atoms with Crippen LogP contribution in [-0.4, -0.2) is 24.1 Å². The Morgan fingerprint density at radius 3 is 2.65 bits per heavy atom. The number of hydrogen-bond donors (Lipinski definition) is 2. The van der Waals surface area contributed by atoms with Gasteiger partial charge in [0.25, 0.3) is 5.91 Å². The molecule has 0 aromatic heterocycles. The minimum Gasteiger partial charge on any atom is -0.481 e. The summed E-state index contributed by atoms with van der Waals surface area (Å²) in [5, 5.41) is 2.83. The Hall–Kier alpha value is -1.55. The molecule has 3 N–H and O–H groups in total. The SMILES string of the molecule is CCC(N)Cc1cccc(OC(C)C(=O)NC(C)C)c1. The zero-order chi connectivity index (χ0) is 15.1. The first-order chi connectivity index (χ1) is 9.42. The Balaban J connectivity index is 2.63. The third-order valence-corrected chi connectivity index (χ3v) is 3.03. The first-order valence-electron chi connectivity index (χ1n) is 7.24. The van der Waals surface area contributed by atoms with Gasteiger partial charge < -0.3 is 15.8 Å². The highest BCUT2D eigenvalue weighted by molar-refractivity contribution is 5.80. The summed E-state index contributed by atoms with van der Waals surface area (Å²) in [6.45, 7) is 7.68. The average molecular weight is 278 g/mol. The maximum atomic E-state index is 11.8. The predicted octanol–water partition coefficient (Wildman–Crippen LogP) is 2.26. The van der Waals surface area contributed by atoms with Crippen LogP contribution in [0.5, 0.6) is 5.75 Å². The van der Waals surface area contributed by atoms with Gasteiger partial charge in [0.1, 0.15) is 5.75 Å². The number of carbonyl (C=O) groups excluding carboxylic acids is 1. The molecule has 1 rings (SSSR count). The number of carbonyl (C=O) groups is 1. The molecule has 0 radical (unpaired) electrons. The predicted molar refractivity (Wildman–Crippen MR) is 81.8 cm³/mol. The van der Waals surface area contributed by atoms with Gasteiger partial charge in [-0.3, -0.25) is 4.79 Å². The Morgan fingerprint density at radius 2 is 2.05 bits per heavy atom. The molecule has 0 saturated heterocycles. The van der Waals surface area contributed by atoms with Crippen molar-refractivity contribution in [2.45, 2.75) is 58.7 Å². The van der Waals surface area contributed by atoms with Crippen LogP contribution in [0.4, 0.5) is 0 Å². The molecule has 0 aliphatic carbocycles. The molecule has 20 heavy (non-hydrogen) atoms. The fourth-order valence-corrected chi connectivity index (χ4v) is 1.85. The molecule has 1 aromatic carbocycles. The number of nitrogens with two attached hydrogens (primary N) is 1. The first-order valence-corrected chi connectivity index (χ1v) is 7.24. The van der Waals surface area contributed by atoms with Gasteiger partial charge in [-0.2, -0.15) is 0 Å². The zero-order valence-corrected chi connectivity index (χ0v) is 12.8. The summed E-state index contributed by atoms with van der Waals surface area (Å²) in [5.74, 6) is 0.605. The maximum Gasteiger partial charge on any atom is 0.260 e. The lowest BCUT2D eigenvalue weighted by atomic mass is 10.0. The van der Waals surface area contributed by atoms with Crippen molar-refractivity contribution < 1.29 is 9.53 Å². The van der Waals surface area contributed by atoms with Crippen LogP contribution in [0, 0.1) is 0 Å². The van der Waals surface area contributed by atoms with Gasteiger partial charge in [-0.25, -0.2) is 0 Å². The van der Waals surface area contributed by atoms with Gasteiger partial charge in [0, 0.05) is 12.1 Å². The van der Waals surface area contributed by atoms with Crippen molar-refractivity contribution in [2.24, 2.45) is 5.73 Å². The number of ether oxygens (including phenoxy) is 1. The standard InChI is InChI=1S/C16H26N2O2/c1-5-14(17)9-13-7-6-8-15(10-13)20-12(4)16(19)18-11(2)3/h6-8,10-12,14H,5,9,17H2,1-4H3,(H,18,19). The van der Waals surface area contributed by atoms with E-state index in [1.165, 1.54) is 0 Å². The molecule has 0 saturated carbocycles. The van der Waals surface area contributed by atoms with E-state index in [9.17, 15) is 4.79 Å². The quantitative estimate of drug-likeness (QED) is 0.804. The van der Waals surface area contributed by atoms with E-state index in [-0.39, 0.29) is 18.0 Å². The second-order valence-electron chi connectivity index (χ2n) is 5.44. The number of nitrogens with one attached hydrogen (secondary N) is 1.